The van der Waals surface area contributed by atoms with Crippen molar-refractivity contribution in [3.05, 3.63) is 29.8 Å². The van der Waals surface area contributed by atoms with Gasteiger partial charge in [-0.05, 0) is 19.4 Å². The van der Waals surface area contributed by atoms with Crippen LogP contribution in [0.4, 0.5) is 4.39 Å². The molecule has 4 nitrogen and oxygen atoms in total. The number of nitrogens with zero attached hydrogens (tertiary/aromatic N) is 2. The maximum absolute atomic E-state index is 13.3. The van der Waals surface area contributed by atoms with Crippen LogP contribution in [0.25, 0.3) is 11.0 Å². The van der Waals surface area contributed by atoms with Gasteiger partial charge in [-0.25, -0.2) is 9.37 Å². The molecule has 1 unspecified atom stereocenters. The first-order valence-electron chi connectivity index (χ1n) is 5.91. The minimum atomic E-state index is -0.426. The molecule has 2 aromatic heterocycles. The summed E-state index contributed by atoms with van der Waals surface area (Å²) in [7, 11) is 0. The fourth-order valence-electron chi connectivity index (χ4n) is 2.41. The van der Waals surface area contributed by atoms with Crippen LogP contribution in [0.3, 0.4) is 0 Å². The van der Waals surface area contributed by atoms with Gasteiger partial charge in [0.1, 0.15) is 11.5 Å². The van der Waals surface area contributed by atoms with Crippen LogP contribution in [0.1, 0.15) is 29.7 Å². The standard InChI is InChI=1S/C13H13FN2O2/c1-8(17)12-6-16(10-2-3-18-7-10)13-11(12)4-9(14)5-15-13/h4-6,10H,2-3,7H2,1H3. The van der Waals surface area contributed by atoms with E-state index in [9.17, 15) is 9.18 Å². The topological polar surface area (TPSA) is 44.1 Å². The Balaban J connectivity index is 2.22. The van der Waals surface area contributed by atoms with E-state index in [1.165, 1.54) is 19.2 Å². The van der Waals surface area contributed by atoms with E-state index in [1.54, 1.807) is 6.20 Å². The zero-order valence-electron chi connectivity index (χ0n) is 10.0. The van der Waals surface area contributed by atoms with Crippen molar-refractivity contribution in [1.29, 1.82) is 0 Å². The molecule has 0 aliphatic carbocycles. The van der Waals surface area contributed by atoms with Crippen molar-refractivity contribution in [3.63, 3.8) is 0 Å². The average Bonchev–Trinajstić information content (AvgIpc) is 2.93. The Hall–Kier alpha value is -1.75. The minimum Gasteiger partial charge on any atom is -0.379 e. The molecule has 1 aliphatic heterocycles. The number of ketones is 1. The summed E-state index contributed by atoms with van der Waals surface area (Å²) in [5.41, 5.74) is 1.17. The third-order valence-corrected chi connectivity index (χ3v) is 3.31. The van der Waals surface area contributed by atoms with Gasteiger partial charge in [0.15, 0.2) is 5.78 Å². The molecule has 5 heteroatoms. The van der Waals surface area contributed by atoms with Crippen LogP contribution in [-0.4, -0.2) is 28.5 Å². The molecule has 0 N–H and O–H groups in total. The highest BCUT2D eigenvalue weighted by molar-refractivity contribution is 6.06. The van der Waals surface area contributed by atoms with Gasteiger partial charge in [0.2, 0.25) is 0 Å². The van der Waals surface area contributed by atoms with Gasteiger partial charge in [-0.2, -0.15) is 0 Å². The van der Waals surface area contributed by atoms with Gasteiger partial charge >= 0.3 is 0 Å². The first-order chi connectivity index (χ1) is 8.66. The zero-order chi connectivity index (χ0) is 12.7. The summed E-state index contributed by atoms with van der Waals surface area (Å²) in [5.74, 6) is -0.504. The van der Waals surface area contributed by atoms with E-state index in [0.29, 0.717) is 29.8 Å². The lowest BCUT2D eigenvalue weighted by atomic mass is 10.1. The van der Waals surface area contributed by atoms with Crippen LogP contribution in [0.5, 0.6) is 0 Å². The summed E-state index contributed by atoms with van der Waals surface area (Å²) in [5, 5.41) is 0.578. The van der Waals surface area contributed by atoms with E-state index < -0.39 is 5.82 Å². The van der Waals surface area contributed by atoms with Gasteiger partial charge in [0.05, 0.1) is 18.8 Å². The molecule has 1 saturated heterocycles. The van der Waals surface area contributed by atoms with Crippen molar-refractivity contribution >= 4 is 16.8 Å². The van der Waals surface area contributed by atoms with Gasteiger partial charge in [-0.1, -0.05) is 0 Å². The van der Waals surface area contributed by atoms with Crippen molar-refractivity contribution in [3.8, 4) is 0 Å². The number of Topliss-reactive ketones (excluding diaryl/α,β-unsaturated/α-hetero) is 1. The number of hydrogen-bond acceptors (Lipinski definition) is 3. The van der Waals surface area contributed by atoms with E-state index in [-0.39, 0.29) is 11.8 Å². The Bertz CT molecular complexity index is 615. The minimum absolute atomic E-state index is 0.0786. The lowest BCUT2D eigenvalue weighted by molar-refractivity contribution is 0.101. The number of rotatable bonds is 2. The molecule has 3 rings (SSSR count). The number of carbonyl (C=O) groups excluding carboxylic acids is 1. The van der Waals surface area contributed by atoms with Crippen molar-refractivity contribution in [2.45, 2.75) is 19.4 Å². The van der Waals surface area contributed by atoms with Gasteiger partial charge in [-0.15, -0.1) is 0 Å². The third kappa shape index (κ3) is 1.71. The molecule has 18 heavy (non-hydrogen) atoms. The number of fused-ring (bicyclic) bond motifs is 1. The molecule has 1 atom stereocenters. The van der Waals surface area contributed by atoms with E-state index in [0.717, 1.165) is 6.42 Å². The molecule has 0 bridgehead atoms. The smallest absolute Gasteiger partial charge is 0.162 e. The van der Waals surface area contributed by atoms with Gasteiger partial charge < -0.3 is 9.30 Å². The summed E-state index contributed by atoms with van der Waals surface area (Å²) < 4.78 is 20.5. The second kappa shape index (κ2) is 4.17. The molecule has 94 valence electrons. The maximum Gasteiger partial charge on any atom is 0.162 e. The monoisotopic (exact) mass is 248 g/mol. The Kier molecular flexibility index (Phi) is 2.63. The predicted octanol–water partition coefficient (Wildman–Crippen LogP) is 2.34. The second-order valence-corrected chi connectivity index (χ2v) is 4.55. The Morgan fingerprint density at radius 2 is 2.44 bits per heavy atom. The molecule has 3 heterocycles. The van der Waals surface area contributed by atoms with E-state index in [4.69, 9.17) is 4.74 Å². The van der Waals surface area contributed by atoms with Gasteiger partial charge in [-0.3, -0.25) is 4.79 Å². The zero-order valence-corrected chi connectivity index (χ0v) is 10.0. The van der Waals surface area contributed by atoms with Crippen LogP contribution < -0.4 is 0 Å². The van der Waals surface area contributed by atoms with Crippen LogP contribution in [0.2, 0.25) is 0 Å². The van der Waals surface area contributed by atoms with Crippen LogP contribution in [0.15, 0.2) is 18.5 Å². The summed E-state index contributed by atoms with van der Waals surface area (Å²) >= 11 is 0. The quantitative estimate of drug-likeness (QED) is 0.766. The number of ether oxygens (including phenoxy) is 1. The van der Waals surface area contributed by atoms with Crippen molar-refractivity contribution < 1.29 is 13.9 Å². The summed E-state index contributed by atoms with van der Waals surface area (Å²) in [6.45, 7) is 2.80. The lowest BCUT2D eigenvalue weighted by Gasteiger charge is -2.10. The molecule has 1 fully saturated rings. The van der Waals surface area contributed by atoms with Crippen molar-refractivity contribution in [2.24, 2.45) is 0 Å². The van der Waals surface area contributed by atoms with Crippen LogP contribution >= 0.6 is 0 Å². The molecule has 0 radical (unpaired) electrons. The van der Waals surface area contributed by atoms with Gasteiger partial charge in [0.25, 0.3) is 0 Å². The number of carbonyl (C=O) groups is 1. The average molecular weight is 248 g/mol. The fourth-order valence-corrected chi connectivity index (χ4v) is 2.41. The Labute approximate surface area is 103 Å². The molecule has 0 aromatic carbocycles. The first kappa shape index (κ1) is 11.3. The second-order valence-electron chi connectivity index (χ2n) is 4.55. The first-order valence-corrected chi connectivity index (χ1v) is 5.91. The van der Waals surface area contributed by atoms with Crippen molar-refractivity contribution in [1.82, 2.24) is 9.55 Å². The molecule has 0 amide bonds. The normalized spacial score (nSPS) is 19.6. The fraction of sp³-hybridized carbons (Fsp3) is 0.385. The summed E-state index contributed by atoms with van der Waals surface area (Å²) in [4.78, 5) is 15.7. The number of pyridine rings is 1. The highest BCUT2D eigenvalue weighted by Crippen LogP contribution is 2.28. The molecular formula is C13H13FN2O2. The molecule has 2 aromatic rings. The summed E-state index contributed by atoms with van der Waals surface area (Å²) in [6.07, 6.45) is 3.83. The predicted molar refractivity (Wildman–Crippen MR) is 64.2 cm³/mol. The van der Waals surface area contributed by atoms with Gasteiger partial charge in [0, 0.05) is 23.8 Å². The Morgan fingerprint density at radius 3 is 3.11 bits per heavy atom. The number of hydrogen-bond donors (Lipinski definition) is 0. The molecule has 1 aliphatic rings. The van der Waals surface area contributed by atoms with Crippen molar-refractivity contribution in [2.75, 3.05) is 13.2 Å². The molecule has 0 spiro atoms. The highest BCUT2D eigenvalue weighted by atomic mass is 19.1. The largest absolute Gasteiger partial charge is 0.379 e. The molecule has 0 saturated carbocycles. The maximum atomic E-state index is 13.3. The summed E-state index contributed by atoms with van der Waals surface area (Å²) in [6, 6.07) is 1.55. The molecular weight excluding hydrogens is 235 g/mol. The number of halogens is 1. The lowest BCUT2D eigenvalue weighted by Crippen LogP contribution is -2.07. The van der Waals surface area contributed by atoms with E-state index >= 15 is 0 Å². The Morgan fingerprint density at radius 1 is 1.61 bits per heavy atom. The number of aromatic nitrogens is 2. The van der Waals surface area contributed by atoms with Crippen LogP contribution in [0, 0.1) is 5.82 Å². The highest BCUT2D eigenvalue weighted by Gasteiger charge is 2.22. The van der Waals surface area contributed by atoms with E-state index in [2.05, 4.69) is 4.98 Å². The third-order valence-electron chi connectivity index (χ3n) is 3.31. The SMILES string of the molecule is CC(=O)c1cn(C2CCOC2)c2ncc(F)cc12. The van der Waals surface area contributed by atoms with Crippen LogP contribution in [-0.2, 0) is 4.74 Å². The van der Waals surface area contributed by atoms with E-state index in [1.807, 2.05) is 4.57 Å².